The van der Waals surface area contributed by atoms with Crippen LogP contribution in [0.15, 0.2) is 78.9 Å². The largest absolute Gasteiger partial charge is 0.368 e. The summed E-state index contributed by atoms with van der Waals surface area (Å²) in [4.78, 5) is 35.1. The summed E-state index contributed by atoms with van der Waals surface area (Å²) >= 11 is 0. The zero-order chi connectivity index (χ0) is 20.6. The van der Waals surface area contributed by atoms with E-state index >= 15 is 0 Å². The van der Waals surface area contributed by atoms with Crippen molar-refractivity contribution in [1.29, 1.82) is 0 Å². The Morgan fingerprint density at radius 1 is 0.793 bits per heavy atom. The molecule has 0 atom stereocenters. The van der Waals surface area contributed by atoms with Crippen molar-refractivity contribution in [3.05, 3.63) is 90.0 Å². The Balaban J connectivity index is 1.60. The summed E-state index contributed by atoms with van der Waals surface area (Å²) in [6.45, 7) is -0.242. The predicted octanol–water partition coefficient (Wildman–Crippen LogP) is 2.75. The van der Waals surface area contributed by atoms with Crippen molar-refractivity contribution in [2.24, 2.45) is 5.73 Å². The smallest absolute Gasteiger partial charge is 0.251 e. The SMILES string of the molecule is NC(=O)CNC(=O)c1cccc(NC(=O)Cc2ccc(-c3ccccc3)cc2)c1. The van der Waals surface area contributed by atoms with Crippen LogP contribution in [0.25, 0.3) is 11.1 Å². The van der Waals surface area contributed by atoms with E-state index in [-0.39, 0.29) is 18.9 Å². The Bertz CT molecular complexity index is 1020. The third kappa shape index (κ3) is 5.77. The molecule has 0 aliphatic heterocycles. The first-order valence-electron chi connectivity index (χ1n) is 9.12. The average Bonchev–Trinajstić information content (AvgIpc) is 2.73. The highest BCUT2D eigenvalue weighted by atomic mass is 16.2. The molecule has 0 spiro atoms. The van der Waals surface area contributed by atoms with Crippen molar-refractivity contribution in [3.8, 4) is 11.1 Å². The molecule has 0 aliphatic carbocycles. The van der Waals surface area contributed by atoms with Crippen LogP contribution in [0.2, 0.25) is 0 Å². The van der Waals surface area contributed by atoms with Gasteiger partial charge in [0.05, 0.1) is 13.0 Å². The molecule has 0 bridgehead atoms. The summed E-state index contributed by atoms with van der Waals surface area (Å²) in [5.41, 5.74) is 8.95. The molecule has 6 heteroatoms. The lowest BCUT2D eigenvalue weighted by atomic mass is 10.0. The van der Waals surface area contributed by atoms with Crippen LogP contribution in [0, 0.1) is 0 Å². The molecule has 3 aromatic carbocycles. The molecule has 0 aliphatic rings. The van der Waals surface area contributed by atoms with E-state index in [1.807, 2.05) is 54.6 Å². The number of hydrogen-bond donors (Lipinski definition) is 3. The van der Waals surface area contributed by atoms with E-state index in [0.717, 1.165) is 16.7 Å². The normalized spacial score (nSPS) is 10.2. The number of nitrogens with two attached hydrogens (primary N) is 1. The van der Waals surface area contributed by atoms with E-state index in [4.69, 9.17) is 5.73 Å². The second-order valence-corrected chi connectivity index (χ2v) is 6.52. The fourth-order valence-electron chi connectivity index (χ4n) is 2.84. The average molecular weight is 387 g/mol. The van der Waals surface area contributed by atoms with E-state index in [9.17, 15) is 14.4 Å². The first-order chi connectivity index (χ1) is 14.0. The summed E-state index contributed by atoms with van der Waals surface area (Å²) < 4.78 is 0. The van der Waals surface area contributed by atoms with Gasteiger partial charge in [-0.2, -0.15) is 0 Å². The molecule has 0 saturated carbocycles. The summed E-state index contributed by atoms with van der Waals surface area (Å²) in [7, 11) is 0. The highest BCUT2D eigenvalue weighted by Gasteiger charge is 2.09. The predicted molar refractivity (Wildman–Crippen MR) is 112 cm³/mol. The van der Waals surface area contributed by atoms with E-state index < -0.39 is 11.8 Å². The Kier molecular flexibility index (Phi) is 6.37. The lowest BCUT2D eigenvalue weighted by molar-refractivity contribution is -0.117. The van der Waals surface area contributed by atoms with E-state index in [1.165, 1.54) is 0 Å². The summed E-state index contributed by atoms with van der Waals surface area (Å²) in [5.74, 6) is -1.25. The molecule has 0 aromatic heterocycles. The standard InChI is InChI=1S/C23H21N3O3/c24-21(27)15-25-23(29)19-7-4-8-20(14-19)26-22(28)13-16-9-11-18(12-10-16)17-5-2-1-3-6-17/h1-12,14H,13,15H2,(H2,24,27)(H,25,29)(H,26,28). The monoisotopic (exact) mass is 387 g/mol. The molecule has 0 unspecified atom stereocenters. The Hall–Kier alpha value is -3.93. The number of anilines is 1. The second-order valence-electron chi connectivity index (χ2n) is 6.52. The van der Waals surface area contributed by atoms with Crippen LogP contribution in [-0.4, -0.2) is 24.3 Å². The summed E-state index contributed by atoms with van der Waals surface area (Å²) in [6.07, 6.45) is 0.215. The van der Waals surface area contributed by atoms with Crippen molar-refractivity contribution < 1.29 is 14.4 Å². The lowest BCUT2D eigenvalue weighted by Gasteiger charge is -2.08. The van der Waals surface area contributed by atoms with E-state index in [1.54, 1.807) is 24.3 Å². The zero-order valence-corrected chi connectivity index (χ0v) is 15.7. The molecular formula is C23H21N3O3. The van der Waals surface area contributed by atoms with Gasteiger partial charge in [-0.1, -0.05) is 60.7 Å². The minimum absolute atomic E-state index is 0.188. The van der Waals surface area contributed by atoms with Crippen LogP contribution in [0.4, 0.5) is 5.69 Å². The minimum atomic E-state index is -0.624. The van der Waals surface area contributed by atoms with Gasteiger partial charge in [0.1, 0.15) is 0 Å². The van der Waals surface area contributed by atoms with E-state index in [2.05, 4.69) is 10.6 Å². The molecular weight excluding hydrogens is 366 g/mol. The van der Waals surface area contributed by atoms with Crippen molar-refractivity contribution in [1.82, 2.24) is 5.32 Å². The highest BCUT2D eigenvalue weighted by Crippen LogP contribution is 2.19. The van der Waals surface area contributed by atoms with Crippen LogP contribution < -0.4 is 16.4 Å². The van der Waals surface area contributed by atoms with Crippen molar-refractivity contribution >= 4 is 23.4 Å². The number of nitrogens with one attached hydrogen (secondary N) is 2. The molecule has 4 N–H and O–H groups in total. The molecule has 3 rings (SSSR count). The lowest BCUT2D eigenvalue weighted by Crippen LogP contribution is -2.33. The molecule has 0 fully saturated rings. The first-order valence-corrected chi connectivity index (χ1v) is 9.12. The van der Waals surface area contributed by atoms with Gasteiger partial charge in [0.2, 0.25) is 11.8 Å². The van der Waals surface area contributed by atoms with Gasteiger partial charge in [0, 0.05) is 11.3 Å². The Labute approximate surface area is 168 Å². The van der Waals surface area contributed by atoms with Crippen molar-refractivity contribution in [2.75, 3.05) is 11.9 Å². The fourth-order valence-corrected chi connectivity index (χ4v) is 2.84. The van der Waals surface area contributed by atoms with Gasteiger partial charge in [-0.25, -0.2) is 0 Å². The maximum absolute atomic E-state index is 12.4. The maximum Gasteiger partial charge on any atom is 0.251 e. The first kappa shape index (κ1) is 19.8. The van der Waals surface area contributed by atoms with Crippen LogP contribution in [-0.2, 0) is 16.0 Å². The van der Waals surface area contributed by atoms with Crippen molar-refractivity contribution in [3.63, 3.8) is 0 Å². The number of hydrogen-bond acceptors (Lipinski definition) is 3. The topological polar surface area (TPSA) is 101 Å². The third-order valence-corrected chi connectivity index (χ3v) is 4.26. The van der Waals surface area contributed by atoms with Crippen molar-refractivity contribution in [2.45, 2.75) is 6.42 Å². The fraction of sp³-hybridized carbons (Fsp3) is 0.0870. The molecule has 3 amide bonds. The molecule has 0 heterocycles. The zero-order valence-electron chi connectivity index (χ0n) is 15.7. The molecule has 0 radical (unpaired) electrons. The van der Waals surface area contributed by atoms with Gasteiger partial charge in [0.15, 0.2) is 0 Å². The van der Waals surface area contributed by atoms with Crippen LogP contribution >= 0.6 is 0 Å². The Morgan fingerprint density at radius 3 is 2.17 bits per heavy atom. The van der Waals surface area contributed by atoms with Gasteiger partial charge in [-0.15, -0.1) is 0 Å². The summed E-state index contributed by atoms with van der Waals surface area (Å²) in [5, 5.41) is 5.20. The van der Waals surface area contributed by atoms with Crippen LogP contribution in [0.1, 0.15) is 15.9 Å². The maximum atomic E-state index is 12.4. The third-order valence-electron chi connectivity index (χ3n) is 4.26. The highest BCUT2D eigenvalue weighted by molar-refractivity contribution is 5.98. The van der Waals surface area contributed by atoms with Crippen LogP contribution in [0.5, 0.6) is 0 Å². The Morgan fingerprint density at radius 2 is 1.48 bits per heavy atom. The number of rotatable bonds is 7. The quantitative estimate of drug-likeness (QED) is 0.581. The van der Waals surface area contributed by atoms with Gasteiger partial charge in [-0.3, -0.25) is 14.4 Å². The second kappa shape index (κ2) is 9.32. The summed E-state index contributed by atoms with van der Waals surface area (Å²) in [6, 6.07) is 24.3. The molecule has 29 heavy (non-hydrogen) atoms. The number of benzene rings is 3. The van der Waals surface area contributed by atoms with Gasteiger partial charge in [0.25, 0.3) is 5.91 Å². The number of amides is 3. The minimum Gasteiger partial charge on any atom is -0.368 e. The molecule has 6 nitrogen and oxygen atoms in total. The number of carbonyl (C=O) groups is 3. The molecule has 146 valence electrons. The number of primary amides is 1. The van der Waals surface area contributed by atoms with E-state index in [0.29, 0.717) is 11.3 Å². The van der Waals surface area contributed by atoms with Crippen LogP contribution in [0.3, 0.4) is 0 Å². The molecule has 0 saturated heterocycles. The van der Waals surface area contributed by atoms with Gasteiger partial charge < -0.3 is 16.4 Å². The van der Waals surface area contributed by atoms with Gasteiger partial charge >= 0.3 is 0 Å². The molecule has 3 aromatic rings. The number of carbonyl (C=O) groups excluding carboxylic acids is 3. The van der Waals surface area contributed by atoms with Gasteiger partial charge in [-0.05, 0) is 34.9 Å².